The van der Waals surface area contributed by atoms with E-state index in [0.717, 1.165) is 58.6 Å². The zero-order valence-corrected chi connectivity index (χ0v) is 37.0. The summed E-state index contributed by atoms with van der Waals surface area (Å²) in [6.45, 7) is 10.2. The molecule has 63 heavy (non-hydrogen) atoms. The largest absolute Gasteiger partial charge is 0.454 e. The van der Waals surface area contributed by atoms with Gasteiger partial charge in [-0.3, -0.25) is 24.1 Å². The van der Waals surface area contributed by atoms with Gasteiger partial charge in [-0.15, -0.1) is 0 Å². The number of carbonyl (C=O) groups is 5. The first-order valence-electron chi connectivity index (χ1n) is 21.8. The van der Waals surface area contributed by atoms with E-state index in [4.69, 9.17) is 35.4 Å². The van der Waals surface area contributed by atoms with Crippen LogP contribution in [0.15, 0.2) is 35.4 Å². The number of primary amides is 1. The van der Waals surface area contributed by atoms with E-state index in [1.54, 1.807) is 20.9 Å². The molecule has 1 aromatic carbocycles. The molecule has 19 heteroatoms. The Balaban J connectivity index is 0.966. The molecule has 6 heterocycles. The van der Waals surface area contributed by atoms with Crippen molar-refractivity contribution in [3.8, 4) is 11.5 Å². The van der Waals surface area contributed by atoms with Gasteiger partial charge < -0.3 is 60.6 Å². The Labute approximate surface area is 368 Å². The van der Waals surface area contributed by atoms with Crippen molar-refractivity contribution in [3.05, 3.63) is 46.7 Å². The van der Waals surface area contributed by atoms with Crippen LogP contribution in [-0.4, -0.2) is 183 Å². The van der Waals surface area contributed by atoms with Gasteiger partial charge in [0.25, 0.3) is 0 Å². The molecular formula is C44H62N10O9. The fraction of sp³-hybridized carbons (Fsp3) is 0.591. The van der Waals surface area contributed by atoms with Crippen molar-refractivity contribution in [1.82, 2.24) is 40.1 Å². The predicted molar refractivity (Wildman–Crippen MR) is 233 cm³/mol. The average Bonchev–Trinajstić information content (AvgIpc) is 4.00. The standard InChI is InChI=1S/C44H62N10O9/c1-26(2)40(44(59)63-37-24-60-23-29-21-53-20-28-15-27-16-35-36(62-25-61-35)18-31(27)48-41(28)34(53)17-30(29)37)49-42(57)33-7-6-9-54(33)43(58)32(19-38(46)55)47-39(56)22-52(5)14-13-51(4)12-11-50(3)10-8-45/h15-18,26,32-33,37,40H,6-14,19-25,45H2,1-5H3,(H2,46,55)(H,47,56)(H,49,57)/t32-,33-,37?,40-/m0/s1. The Bertz CT molecular complexity index is 2150. The highest BCUT2D eigenvalue weighted by Crippen LogP contribution is 2.42. The van der Waals surface area contributed by atoms with Gasteiger partial charge in [0.05, 0.1) is 43.1 Å². The number of nitrogens with zero attached hydrogens (tertiary/aromatic N) is 6. The number of ether oxygens (including phenoxy) is 4. The Morgan fingerprint density at radius 2 is 1.67 bits per heavy atom. The molecule has 4 amide bonds. The minimum absolute atomic E-state index is 0.0137. The first kappa shape index (κ1) is 45.7. The summed E-state index contributed by atoms with van der Waals surface area (Å²) in [5.74, 6) is -1.98. The van der Waals surface area contributed by atoms with Crippen molar-refractivity contribution in [3.63, 3.8) is 0 Å². The van der Waals surface area contributed by atoms with E-state index < -0.39 is 60.2 Å². The quantitative estimate of drug-likeness (QED) is 0.132. The number of amides is 4. The van der Waals surface area contributed by atoms with Gasteiger partial charge in [-0.05, 0) is 69.2 Å². The first-order valence-corrected chi connectivity index (χ1v) is 21.8. The van der Waals surface area contributed by atoms with Crippen LogP contribution in [0.25, 0.3) is 16.6 Å². The lowest BCUT2D eigenvalue weighted by Crippen LogP contribution is -2.57. The summed E-state index contributed by atoms with van der Waals surface area (Å²) in [4.78, 5) is 82.0. The van der Waals surface area contributed by atoms with E-state index >= 15 is 0 Å². The van der Waals surface area contributed by atoms with Gasteiger partial charge >= 0.3 is 5.97 Å². The van der Waals surface area contributed by atoms with Gasteiger partial charge in [-0.25, -0.2) is 9.78 Å². The maximum atomic E-state index is 14.0. The van der Waals surface area contributed by atoms with Crippen LogP contribution in [0.4, 0.5) is 0 Å². The van der Waals surface area contributed by atoms with Crippen LogP contribution in [0, 0.1) is 5.92 Å². The molecule has 2 aromatic rings. The lowest BCUT2D eigenvalue weighted by atomic mass is 9.95. The van der Waals surface area contributed by atoms with Crippen molar-refractivity contribution >= 4 is 46.2 Å². The number of aromatic nitrogens is 1. The van der Waals surface area contributed by atoms with Crippen molar-refractivity contribution in [2.45, 2.75) is 63.9 Å². The predicted octanol–water partition coefficient (Wildman–Crippen LogP) is -0.382. The van der Waals surface area contributed by atoms with Crippen molar-refractivity contribution < 1.29 is 42.9 Å². The molecule has 0 radical (unpaired) electrons. The van der Waals surface area contributed by atoms with Gasteiger partial charge in [-0.1, -0.05) is 13.8 Å². The molecule has 0 saturated carbocycles. The molecule has 19 nitrogen and oxygen atoms in total. The van der Waals surface area contributed by atoms with Gasteiger partial charge in [0.2, 0.25) is 30.4 Å². The SMILES string of the molecule is CC(C)[C@H](NC(=O)[C@@H]1CCCN1C(=O)[C@H](CC(N)=O)NC(=O)CN(C)CCN(C)CCN(C)CCN)C(=O)OC1COCC2=C1C=C1c3nc4cc5c(cc4cc3CN1C2)OCO5. The minimum Gasteiger partial charge on any atom is -0.454 e. The zero-order chi connectivity index (χ0) is 44.9. The molecule has 1 unspecified atom stereocenters. The van der Waals surface area contributed by atoms with E-state index in [2.05, 4.69) is 31.4 Å². The van der Waals surface area contributed by atoms with Crippen molar-refractivity contribution in [2.24, 2.45) is 17.4 Å². The Morgan fingerprint density at radius 3 is 2.38 bits per heavy atom. The highest BCUT2D eigenvalue weighted by molar-refractivity contribution is 5.96. The third-order valence-electron chi connectivity index (χ3n) is 12.3. The molecule has 342 valence electrons. The highest BCUT2D eigenvalue weighted by Gasteiger charge is 2.41. The molecular weight excluding hydrogens is 813 g/mol. The fourth-order valence-electron chi connectivity index (χ4n) is 8.74. The third-order valence-corrected chi connectivity index (χ3v) is 12.3. The molecule has 5 aliphatic heterocycles. The molecule has 1 aromatic heterocycles. The second-order valence-corrected chi connectivity index (χ2v) is 17.6. The molecule has 0 aliphatic carbocycles. The van der Waals surface area contributed by atoms with E-state index in [1.807, 2.05) is 37.2 Å². The maximum Gasteiger partial charge on any atom is 0.329 e. The topological polar surface area (TPSA) is 227 Å². The second kappa shape index (κ2) is 20.0. The lowest BCUT2D eigenvalue weighted by molar-refractivity contribution is -0.156. The number of pyridine rings is 1. The van der Waals surface area contributed by atoms with Gasteiger partial charge in [0.1, 0.15) is 18.1 Å². The second-order valence-electron chi connectivity index (χ2n) is 17.6. The van der Waals surface area contributed by atoms with Crippen LogP contribution in [0.5, 0.6) is 11.5 Å². The number of hydrogen-bond acceptors (Lipinski definition) is 15. The smallest absolute Gasteiger partial charge is 0.329 e. The Hall–Kier alpha value is -5.34. The molecule has 0 bridgehead atoms. The molecule has 7 rings (SSSR count). The maximum absolute atomic E-state index is 14.0. The van der Waals surface area contributed by atoms with E-state index in [1.165, 1.54) is 4.90 Å². The normalized spacial score (nSPS) is 19.9. The third kappa shape index (κ3) is 10.7. The van der Waals surface area contributed by atoms with Crippen LogP contribution < -0.4 is 31.6 Å². The summed E-state index contributed by atoms with van der Waals surface area (Å²) in [5, 5.41) is 6.52. The van der Waals surface area contributed by atoms with Crippen LogP contribution in [0.3, 0.4) is 0 Å². The summed E-state index contributed by atoms with van der Waals surface area (Å²) in [6.07, 6.45) is 1.72. The number of likely N-dealkylation sites (N-methyl/N-ethyl adjacent to an activating group) is 3. The number of nitrogens with two attached hydrogens (primary N) is 2. The minimum atomic E-state index is -1.26. The van der Waals surface area contributed by atoms with Crippen LogP contribution in [0.1, 0.15) is 44.4 Å². The molecule has 1 fully saturated rings. The van der Waals surface area contributed by atoms with Gasteiger partial charge in [0.15, 0.2) is 17.6 Å². The molecule has 5 aliphatic rings. The number of esters is 1. The van der Waals surface area contributed by atoms with E-state index in [9.17, 15) is 24.0 Å². The van der Waals surface area contributed by atoms with Crippen molar-refractivity contribution in [1.29, 1.82) is 0 Å². The number of benzene rings is 1. The van der Waals surface area contributed by atoms with Crippen LogP contribution in [0.2, 0.25) is 0 Å². The van der Waals surface area contributed by atoms with Crippen molar-refractivity contribution in [2.75, 3.05) is 100 Å². The average molecular weight is 875 g/mol. The summed E-state index contributed by atoms with van der Waals surface area (Å²) in [5.41, 5.74) is 16.7. The monoisotopic (exact) mass is 874 g/mol. The summed E-state index contributed by atoms with van der Waals surface area (Å²) < 4.78 is 23.3. The summed E-state index contributed by atoms with van der Waals surface area (Å²) in [6, 6.07) is 2.73. The van der Waals surface area contributed by atoms with Gasteiger partial charge in [0, 0.05) is 75.9 Å². The molecule has 0 spiro atoms. The molecule has 1 saturated heterocycles. The number of carbonyl (C=O) groups excluding carboxylic acids is 5. The lowest BCUT2D eigenvalue weighted by Gasteiger charge is -2.35. The van der Waals surface area contributed by atoms with E-state index in [0.29, 0.717) is 63.7 Å². The molecule has 6 N–H and O–H groups in total. The zero-order valence-electron chi connectivity index (χ0n) is 37.0. The van der Waals surface area contributed by atoms with Crippen LogP contribution in [-0.2, 0) is 40.0 Å². The summed E-state index contributed by atoms with van der Waals surface area (Å²) >= 11 is 0. The highest BCUT2D eigenvalue weighted by atomic mass is 16.7. The number of fused-ring (bicyclic) bond motifs is 5. The number of hydrogen-bond donors (Lipinski definition) is 4. The van der Waals surface area contributed by atoms with Crippen LogP contribution >= 0.6 is 0 Å². The fourth-order valence-corrected chi connectivity index (χ4v) is 8.74. The Morgan fingerprint density at radius 1 is 0.952 bits per heavy atom. The Kier molecular flexibility index (Phi) is 14.5. The number of nitrogens with one attached hydrogen (secondary N) is 2. The summed E-state index contributed by atoms with van der Waals surface area (Å²) in [7, 11) is 5.83. The number of likely N-dealkylation sites (tertiary alicyclic amines) is 1. The molecule has 4 atom stereocenters. The van der Waals surface area contributed by atoms with E-state index in [-0.39, 0.29) is 32.4 Å². The van der Waals surface area contributed by atoms with Gasteiger partial charge in [-0.2, -0.15) is 0 Å². The first-order chi connectivity index (χ1) is 30.2. The number of rotatable bonds is 19.